The van der Waals surface area contributed by atoms with Crippen molar-refractivity contribution in [3.05, 3.63) is 53.6 Å². The third-order valence-corrected chi connectivity index (χ3v) is 12.5. The van der Waals surface area contributed by atoms with Crippen molar-refractivity contribution >= 4 is 25.6 Å². The number of fused-ring (bicyclic) bond motifs is 4. The molecule has 12 heteroatoms. The van der Waals surface area contributed by atoms with Crippen LogP contribution >= 0.6 is 0 Å². The molecule has 3 saturated heterocycles. The number of hydrogen-bond donors (Lipinski definition) is 3. The first kappa shape index (κ1) is 39.6. The first-order valence-corrected chi connectivity index (χ1v) is 21.5. The van der Waals surface area contributed by atoms with Gasteiger partial charge in [0.25, 0.3) is 10.1 Å². The topological polar surface area (TPSA) is 136 Å². The molecule has 10 nitrogen and oxygen atoms in total. The molecule has 0 aromatic heterocycles. The largest absolute Gasteiger partial charge is 0.494 e. The van der Waals surface area contributed by atoms with Gasteiger partial charge in [-0.2, -0.15) is 8.42 Å². The molecule has 4 heterocycles. The molecule has 4 aliphatic rings. The molecular weight excluding hydrogens is 663 g/mol. The van der Waals surface area contributed by atoms with Gasteiger partial charge in [0.1, 0.15) is 5.75 Å². The Bertz CT molecular complexity index is 1540. The van der Waals surface area contributed by atoms with Crippen molar-refractivity contribution < 1.29 is 31.2 Å². The normalized spacial score (nSPS) is 24.3. The van der Waals surface area contributed by atoms with E-state index >= 15 is 0 Å². The van der Waals surface area contributed by atoms with Crippen LogP contribution in [0.5, 0.6) is 5.75 Å². The summed E-state index contributed by atoms with van der Waals surface area (Å²) >= 11 is 0. The quantitative estimate of drug-likeness (QED) is 0.170. The first-order chi connectivity index (χ1) is 23.2. The number of piperidine rings is 2. The fourth-order valence-corrected chi connectivity index (χ4v) is 10.0. The standard InChI is InChI=1S/C36H55N3O4S.CH4O3S/c1-5-7-19-36(20-8-6-2)26-44(41,42)33-18-15-29(38(3)4)23-32(33)34(35(36)40)27-11-16-31(17-12-27)43-22-10-9-21-39-25-28-13-14-30(39)24-37-28;1-5(2,3)4/h11-12,15-18,23,28,30,34-35,37,40H,5-10,13-14,19-22,24-26H2,1-4H3;1H3,(H,2,3,4)/t28?,30?,34-,35-;/m1./s1. The zero-order valence-corrected chi connectivity index (χ0v) is 31.7. The molecular formula is C37H59N3O7S2. The van der Waals surface area contributed by atoms with Crippen LogP contribution in [0.2, 0.25) is 0 Å². The number of rotatable bonds is 14. The highest BCUT2D eigenvalue weighted by Gasteiger charge is 2.49. The Kier molecular flexibility index (Phi) is 14.0. The van der Waals surface area contributed by atoms with Crippen molar-refractivity contribution in [1.82, 2.24) is 10.2 Å². The lowest BCUT2D eigenvalue weighted by Crippen LogP contribution is -2.60. The van der Waals surface area contributed by atoms with Gasteiger partial charge in [0, 0.05) is 56.3 Å². The van der Waals surface area contributed by atoms with Crippen LogP contribution in [0.1, 0.15) is 95.1 Å². The van der Waals surface area contributed by atoms with Crippen molar-refractivity contribution in [2.45, 2.75) is 107 Å². The van der Waals surface area contributed by atoms with E-state index < -0.39 is 37.4 Å². The van der Waals surface area contributed by atoms with Crippen LogP contribution in [0.25, 0.3) is 0 Å². The maximum atomic E-state index is 14.1. The van der Waals surface area contributed by atoms with E-state index in [2.05, 4.69) is 24.1 Å². The number of hydrogen-bond acceptors (Lipinski definition) is 9. The highest BCUT2D eigenvalue weighted by molar-refractivity contribution is 7.91. The second-order valence-electron chi connectivity index (χ2n) is 14.6. The summed E-state index contributed by atoms with van der Waals surface area (Å²) < 4.78 is 60.1. The predicted molar refractivity (Wildman–Crippen MR) is 197 cm³/mol. The number of nitrogens with zero attached hydrogens (tertiary/aromatic N) is 2. The van der Waals surface area contributed by atoms with E-state index in [1.54, 1.807) is 6.07 Å². The summed E-state index contributed by atoms with van der Waals surface area (Å²) in [6, 6.07) is 15.1. The fraction of sp³-hybridized carbons (Fsp3) is 0.676. The van der Waals surface area contributed by atoms with E-state index in [1.165, 1.54) is 19.4 Å². The van der Waals surface area contributed by atoms with Gasteiger partial charge in [-0.15, -0.1) is 0 Å². The predicted octanol–water partition coefficient (Wildman–Crippen LogP) is 5.50. The van der Waals surface area contributed by atoms with Crippen LogP contribution in [-0.2, 0) is 20.0 Å². The molecule has 4 aliphatic heterocycles. The summed E-state index contributed by atoms with van der Waals surface area (Å²) in [5.41, 5.74) is 1.87. The Morgan fingerprint density at radius 2 is 1.65 bits per heavy atom. The van der Waals surface area contributed by atoms with Crippen LogP contribution in [0.4, 0.5) is 5.69 Å². The number of aliphatic hydroxyl groups excluding tert-OH is 1. The van der Waals surface area contributed by atoms with E-state index in [0.29, 0.717) is 48.2 Å². The molecule has 49 heavy (non-hydrogen) atoms. The number of sulfone groups is 1. The molecule has 0 spiro atoms. The fourth-order valence-electron chi connectivity index (χ4n) is 7.84. The van der Waals surface area contributed by atoms with Crippen molar-refractivity contribution in [3.63, 3.8) is 0 Å². The molecule has 0 saturated carbocycles. The summed E-state index contributed by atoms with van der Waals surface area (Å²) in [5, 5.41) is 16.0. The second-order valence-corrected chi connectivity index (χ2v) is 18.0. The summed E-state index contributed by atoms with van der Waals surface area (Å²) in [6.07, 6.45) is 9.79. The van der Waals surface area contributed by atoms with Gasteiger partial charge in [-0.1, -0.05) is 51.7 Å². The van der Waals surface area contributed by atoms with Gasteiger partial charge < -0.3 is 20.1 Å². The Labute approximate surface area is 295 Å². The number of aliphatic hydroxyl groups is 1. The van der Waals surface area contributed by atoms with Gasteiger partial charge in [0.05, 0.1) is 29.6 Å². The van der Waals surface area contributed by atoms with E-state index in [-0.39, 0.29) is 5.75 Å². The van der Waals surface area contributed by atoms with Crippen LogP contribution in [0.3, 0.4) is 0 Å². The molecule has 2 bridgehead atoms. The average Bonchev–Trinajstić information content (AvgIpc) is 3.12. The number of ether oxygens (including phenoxy) is 1. The number of nitrogens with one attached hydrogen (secondary N) is 1. The SMILES string of the molecule is CCCCC1(CCCC)CS(=O)(=O)c2ccc(N(C)C)cc2[C@@H](c2ccc(OCCCCN3CC4CCC3CN4)cc2)[C@H]1O.CS(=O)(=O)O. The number of piperazine rings is 1. The number of anilines is 1. The monoisotopic (exact) mass is 721 g/mol. The van der Waals surface area contributed by atoms with E-state index in [4.69, 9.17) is 9.29 Å². The molecule has 6 rings (SSSR count). The second kappa shape index (κ2) is 17.3. The smallest absolute Gasteiger partial charge is 0.261 e. The van der Waals surface area contributed by atoms with E-state index in [9.17, 15) is 21.9 Å². The minimum absolute atomic E-state index is 0.0114. The molecule has 0 amide bonds. The van der Waals surface area contributed by atoms with Crippen molar-refractivity contribution in [2.24, 2.45) is 5.41 Å². The molecule has 2 unspecified atom stereocenters. The molecule has 0 aliphatic carbocycles. The summed E-state index contributed by atoms with van der Waals surface area (Å²) in [4.78, 5) is 5.00. The van der Waals surface area contributed by atoms with E-state index in [1.807, 2.05) is 55.4 Å². The molecule has 2 aromatic carbocycles. The number of unbranched alkanes of at least 4 members (excludes halogenated alkanes) is 3. The Balaban J connectivity index is 0.00000101. The van der Waals surface area contributed by atoms with Gasteiger partial charge >= 0.3 is 0 Å². The minimum Gasteiger partial charge on any atom is -0.494 e. The average molecular weight is 722 g/mol. The van der Waals surface area contributed by atoms with Gasteiger partial charge in [0.2, 0.25) is 0 Å². The third kappa shape index (κ3) is 10.6. The molecule has 4 atom stereocenters. The first-order valence-electron chi connectivity index (χ1n) is 18.0. The minimum atomic E-state index is -3.67. The molecule has 2 aromatic rings. The highest BCUT2D eigenvalue weighted by Crippen LogP contribution is 2.50. The zero-order valence-electron chi connectivity index (χ0n) is 30.1. The maximum absolute atomic E-state index is 14.1. The number of benzene rings is 2. The summed E-state index contributed by atoms with van der Waals surface area (Å²) in [6.45, 7) is 8.39. The van der Waals surface area contributed by atoms with Crippen LogP contribution in [0, 0.1) is 5.41 Å². The van der Waals surface area contributed by atoms with Gasteiger partial charge in [0.15, 0.2) is 9.84 Å². The van der Waals surface area contributed by atoms with Gasteiger partial charge in [-0.3, -0.25) is 9.45 Å². The van der Waals surface area contributed by atoms with Crippen LogP contribution < -0.4 is 15.0 Å². The highest BCUT2D eigenvalue weighted by atomic mass is 32.2. The van der Waals surface area contributed by atoms with Crippen LogP contribution in [-0.4, -0.2) is 102 Å². The summed E-state index contributed by atoms with van der Waals surface area (Å²) in [5.74, 6) is 0.359. The Morgan fingerprint density at radius 3 is 2.18 bits per heavy atom. The van der Waals surface area contributed by atoms with Gasteiger partial charge in [-0.05, 0) is 86.5 Å². The van der Waals surface area contributed by atoms with Crippen LogP contribution in [0.15, 0.2) is 47.4 Å². The van der Waals surface area contributed by atoms with Crippen molar-refractivity contribution in [3.8, 4) is 5.75 Å². The lowest BCUT2D eigenvalue weighted by atomic mass is 9.68. The lowest BCUT2D eigenvalue weighted by molar-refractivity contribution is 0.0127. The molecule has 0 radical (unpaired) electrons. The summed E-state index contributed by atoms with van der Waals surface area (Å²) in [7, 11) is -3.35. The lowest BCUT2D eigenvalue weighted by Gasteiger charge is -2.46. The molecule has 276 valence electrons. The molecule has 3 fully saturated rings. The zero-order chi connectivity index (χ0) is 35.8. The van der Waals surface area contributed by atoms with Crippen molar-refractivity contribution in [1.29, 1.82) is 0 Å². The van der Waals surface area contributed by atoms with E-state index in [0.717, 1.165) is 68.6 Å². The molecule has 3 N–H and O–H groups in total. The van der Waals surface area contributed by atoms with Gasteiger partial charge in [-0.25, -0.2) is 8.42 Å². The maximum Gasteiger partial charge on any atom is 0.261 e. The Morgan fingerprint density at radius 1 is 1.00 bits per heavy atom. The van der Waals surface area contributed by atoms with Crippen molar-refractivity contribution in [2.75, 3.05) is 57.2 Å². The third-order valence-electron chi connectivity index (χ3n) is 10.5. The Hall–Kier alpha value is -2.22.